The molecule has 0 fully saturated rings. The molecule has 2 rings (SSSR count). The summed E-state index contributed by atoms with van der Waals surface area (Å²) in [6, 6.07) is 16.5. The molecule has 0 aliphatic heterocycles. The monoisotopic (exact) mass is 227 g/mol. The molecule has 2 nitrogen and oxygen atoms in total. The van der Waals surface area contributed by atoms with Crippen molar-refractivity contribution in [3.63, 3.8) is 0 Å². The van der Waals surface area contributed by atoms with Crippen molar-refractivity contribution in [3.05, 3.63) is 54.1 Å². The number of nitriles is 1. The maximum atomic E-state index is 8.65. The Morgan fingerprint density at radius 3 is 2.38 bits per heavy atom. The van der Waals surface area contributed by atoms with Gasteiger partial charge in [-0.05, 0) is 42.5 Å². The van der Waals surface area contributed by atoms with Crippen LogP contribution in [0.5, 0.6) is 11.5 Å². The average Bonchev–Trinajstić information content (AvgIpc) is 2.30. The van der Waals surface area contributed by atoms with Crippen molar-refractivity contribution in [2.45, 2.75) is 4.90 Å². The summed E-state index contributed by atoms with van der Waals surface area (Å²) in [5.41, 5.74) is 0.621. The summed E-state index contributed by atoms with van der Waals surface area (Å²) in [6.07, 6.45) is 0. The molecule has 0 N–H and O–H groups in total. The topological polar surface area (TPSA) is 33.0 Å². The first-order valence-electron chi connectivity index (χ1n) is 4.75. The molecular formula is C13H9NOS. The van der Waals surface area contributed by atoms with Gasteiger partial charge in [0.05, 0.1) is 11.6 Å². The van der Waals surface area contributed by atoms with Gasteiger partial charge < -0.3 is 4.74 Å². The van der Waals surface area contributed by atoms with E-state index in [2.05, 4.69) is 18.7 Å². The van der Waals surface area contributed by atoms with Crippen molar-refractivity contribution in [1.82, 2.24) is 0 Å². The molecule has 2 aromatic carbocycles. The van der Waals surface area contributed by atoms with Crippen LogP contribution in [-0.4, -0.2) is 0 Å². The van der Waals surface area contributed by atoms with Gasteiger partial charge in [-0.1, -0.05) is 6.07 Å². The average molecular weight is 227 g/mol. The van der Waals surface area contributed by atoms with E-state index in [-0.39, 0.29) is 0 Å². The molecule has 0 atom stereocenters. The van der Waals surface area contributed by atoms with Gasteiger partial charge >= 0.3 is 0 Å². The smallest absolute Gasteiger partial charge is 0.128 e. The van der Waals surface area contributed by atoms with E-state index in [9.17, 15) is 0 Å². The number of ether oxygens (including phenoxy) is 1. The zero-order chi connectivity index (χ0) is 11.4. The number of benzene rings is 2. The van der Waals surface area contributed by atoms with E-state index in [4.69, 9.17) is 10.00 Å². The fraction of sp³-hybridized carbons (Fsp3) is 0. The lowest BCUT2D eigenvalue weighted by Crippen LogP contribution is -1.84. The Kier molecular flexibility index (Phi) is 3.13. The summed E-state index contributed by atoms with van der Waals surface area (Å²) >= 11 is 4.23. The van der Waals surface area contributed by atoms with Gasteiger partial charge in [0.15, 0.2) is 0 Å². The van der Waals surface area contributed by atoms with Crippen LogP contribution in [0, 0.1) is 11.3 Å². The molecule has 0 aliphatic carbocycles. The molecule has 0 heterocycles. The van der Waals surface area contributed by atoms with E-state index in [0.29, 0.717) is 11.3 Å². The Balaban J connectivity index is 2.18. The molecule has 0 aliphatic rings. The van der Waals surface area contributed by atoms with Crippen LogP contribution in [0.25, 0.3) is 0 Å². The summed E-state index contributed by atoms with van der Waals surface area (Å²) in [5.74, 6) is 1.44. The second-order valence-corrected chi connectivity index (χ2v) is 3.75. The Hall–Kier alpha value is -1.92. The molecule has 0 saturated carbocycles. The van der Waals surface area contributed by atoms with Crippen LogP contribution in [-0.2, 0) is 0 Å². The minimum Gasteiger partial charge on any atom is -0.457 e. The van der Waals surface area contributed by atoms with Gasteiger partial charge in [-0.2, -0.15) is 5.26 Å². The highest BCUT2D eigenvalue weighted by Gasteiger charge is 1.97. The number of rotatable bonds is 2. The van der Waals surface area contributed by atoms with E-state index < -0.39 is 0 Å². The number of hydrogen-bond donors (Lipinski definition) is 1. The second kappa shape index (κ2) is 4.73. The third-order valence-corrected chi connectivity index (χ3v) is 2.31. The molecule has 0 amide bonds. The molecule has 0 aromatic heterocycles. The highest BCUT2D eigenvalue weighted by molar-refractivity contribution is 7.80. The molecule has 0 unspecified atom stereocenters. The first-order valence-corrected chi connectivity index (χ1v) is 5.20. The van der Waals surface area contributed by atoms with E-state index in [1.807, 2.05) is 24.3 Å². The highest BCUT2D eigenvalue weighted by Crippen LogP contribution is 2.23. The lowest BCUT2D eigenvalue weighted by molar-refractivity contribution is 0.481. The SMILES string of the molecule is N#Cc1ccc(Oc2cccc(S)c2)cc1. The van der Waals surface area contributed by atoms with Crippen LogP contribution in [0.4, 0.5) is 0 Å². The van der Waals surface area contributed by atoms with Crippen LogP contribution >= 0.6 is 12.6 Å². The van der Waals surface area contributed by atoms with Crippen LogP contribution in [0.15, 0.2) is 53.4 Å². The predicted octanol–water partition coefficient (Wildman–Crippen LogP) is 3.64. The molecule has 3 heteroatoms. The van der Waals surface area contributed by atoms with E-state index in [1.54, 1.807) is 24.3 Å². The van der Waals surface area contributed by atoms with Crippen molar-refractivity contribution in [3.8, 4) is 17.6 Å². The normalized spacial score (nSPS) is 9.50. The molecule has 2 aromatic rings. The number of hydrogen-bond acceptors (Lipinski definition) is 3. The minimum atomic E-state index is 0.621. The summed E-state index contributed by atoms with van der Waals surface area (Å²) in [5, 5.41) is 8.65. The zero-order valence-corrected chi connectivity index (χ0v) is 9.32. The molecule has 0 radical (unpaired) electrons. The van der Waals surface area contributed by atoms with Crippen molar-refractivity contribution >= 4 is 12.6 Å². The lowest BCUT2D eigenvalue weighted by atomic mass is 10.2. The van der Waals surface area contributed by atoms with Gasteiger partial charge in [0.25, 0.3) is 0 Å². The third-order valence-electron chi connectivity index (χ3n) is 2.04. The molecule has 16 heavy (non-hydrogen) atoms. The van der Waals surface area contributed by atoms with Crippen LogP contribution in [0.1, 0.15) is 5.56 Å². The number of nitrogens with zero attached hydrogens (tertiary/aromatic N) is 1. The van der Waals surface area contributed by atoms with Crippen LogP contribution in [0.3, 0.4) is 0 Å². The molecular weight excluding hydrogens is 218 g/mol. The van der Waals surface area contributed by atoms with Gasteiger partial charge in [-0.3, -0.25) is 0 Å². The largest absolute Gasteiger partial charge is 0.457 e. The van der Waals surface area contributed by atoms with Crippen LogP contribution in [0.2, 0.25) is 0 Å². The van der Waals surface area contributed by atoms with Crippen molar-refractivity contribution < 1.29 is 4.74 Å². The van der Waals surface area contributed by atoms with E-state index in [1.165, 1.54) is 0 Å². The van der Waals surface area contributed by atoms with E-state index in [0.717, 1.165) is 10.6 Å². The molecule has 0 bridgehead atoms. The van der Waals surface area contributed by atoms with Crippen molar-refractivity contribution in [1.29, 1.82) is 5.26 Å². The quantitative estimate of drug-likeness (QED) is 0.794. The summed E-state index contributed by atoms with van der Waals surface area (Å²) in [4.78, 5) is 0.853. The maximum Gasteiger partial charge on any atom is 0.128 e. The maximum absolute atomic E-state index is 8.65. The second-order valence-electron chi connectivity index (χ2n) is 3.24. The molecule has 0 saturated heterocycles. The Morgan fingerprint density at radius 1 is 1.00 bits per heavy atom. The van der Waals surface area contributed by atoms with Gasteiger partial charge in [-0.15, -0.1) is 12.6 Å². The standard InChI is InChI=1S/C13H9NOS/c14-9-10-4-6-11(7-5-10)15-12-2-1-3-13(16)8-12/h1-8,16H. The molecule has 0 spiro atoms. The van der Waals surface area contributed by atoms with Crippen molar-refractivity contribution in [2.75, 3.05) is 0 Å². The summed E-state index contributed by atoms with van der Waals surface area (Å²) < 4.78 is 5.60. The van der Waals surface area contributed by atoms with Gasteiger partial charge in [0.1, 0.15) is 11.5 Å². The lowest BCUT2D eigenvalue weighted by Gasteiger charge is -2.05. The first kappa shape index (κ1) is 10.6. The zero-order valence-electron chi connectivity index (χ0n) is 8.42. The predicted molar refractivity (Wildman–Crippen MR) is 64.9 cm³/mol. The summed E-state index contributed by atoms with van der Waals surface area (Å²) in [6.45, 7) is 0. The fourth-order valence-electron chi connectivity index (χ4n) is 1.28. The Labute approximate surface area is 99.5 Å². The third kappa shape index (κ3) is 2.56. The van der Waals surface area contributed by atoms with Gasteiger partial charge in [-0.25, -0.2) is 0 Å². The Bertz CT molecular complexity index is 528. The Morgan fingerprint density at radius 2 is 1.75 bits per heavy atom. The first-order chi connectivity index (χ1) is 7.78. The minimum absolute atomic E-state index is 0.621. The van der Waals surface area contributed by atoms with Gasteiger partial charge in [0, 0.05) is 4.90 Å². The van der Waals surface area contributed by atoms with Crippen molar-refractivity contribution in [2.24, 2.45) is 0 Å². The van der Waals surface area contributed by atoms with Crippen LogP contribution < -0.4 is 4.74 Å². The summed E-state index contributed by atoms with van der Waals surface area (Å²) in [7, 11) is 0. The van der Waals surface area contributed by atoms with Gasteiger partial charge in [0.2, 0.25) is 0 Å². The molecule has 78 valence electrons. The van der Waals surface area contributed by atoms with E-state index >= 15 is 0 Å². The highest BCUT2D eigenvalue weighted by atomic mass is 32.1. The number of thiol groups is 1. The fourth-order valence-corrected chi connectivity index (χ4v) is 1.49.